The summed E-state index contributed by atoms with van der Waals surface area (Å²) in [6.07, 6.45) is 3.85. The number of nitrogens with two attached hydrogens (primary N) is 1. The van der Waals surface area contributed by atoms with Crippen molar-refractivity contribution in [2.24, 2.45) is 0 Å². The fourth-order valence-corrected chi connectivity index (χ4v) is 3.64. The van der Waals surface area contributed by atoms with Crippen molar-refractivity contribution in [2.45, 2.75) is 29.1 Å². The van der Waals surface area contributed by atoms with E-state index in [4.69, 9.17) is 5.73 Å². The molecule has 3 rings (SSSR count). The lowest BCUT2D eigenvalue weighted by Crippen LogP contribution is -2.29. The second-order valence-electron chi connectivity index (χ2n) is 5.62. The van der Waals surface area contributed by atoms with Gasteiger partial charge in [0.25, 0.3) is 5.69 Å². The van der Waals surface area contributed by atoms with Gasteiger partial charge in [-0.1, -0.05) is 11.8 Å². The van der Waals surface area contributed by atoms with Gasteiger partial charge in [-0.15, -0.1) is 0 Å². The van der Waals surface area contributed by atoms with E-state index in [-0.39, 0.29) is 11.4 Å². The molecule has 1 aliphatic rings. The molecule has 0 unspecified atom stereocenters. The third-order valence-corrected chi connectivity index (χ3v) is 4.99. The number of rotatable bonds is 4. The Kier molecular flexibility index (Phi) is 4.71. The molecule has 2 aromatic rings. The fraction of sp³-hybridized carbons (Fsp3) is 0.294. The molecule has 2 aromatic carbocycles. The molecule has 0 radical (unpaired) electrons. The molecule has 1 saturated heterocycles. The molecule has 6 heteroatoms. The number of hydrogen-bond acceptors (Lipinski definition) is 5. The fourth-order valence-electron chi connectivity index (χ4n) is 2.78. The third kappa shape index (κ3) is 3.76. The van der Waals surface area contributed by atoms with Crippen LogP contribution in [-0.4, -0.2) is 18.0 Å². The minimum atomic E-state index is -0.461. The highest BCUT2D eigenvalue weighted by atomic mass is 32.2. The Morgan fingerprint density at radius 1 is 1.00 bits per heavy atom. The summed E-state index contributed by atoms with van der Waals surface area (Å²) in [5, 5.41) is 10.8. The summed E-state index contributed by atoms with van der Waals surface area (Å²) in [6, 6.07) is 13.3. The zero-order valence-electron chi connectivity index (χ0n) is 12.8. The van der Waals surface area contributed by atoms with E-state index in [1.807, 2.05) is 0 Å². The molecule has 0 amide bonds. The van der Waals surface area contributed by atoms with E-state index in [9.17, 15) is 10.1 Å². The van der Waals surface area contributed by atoms with Crippen molar-refractivity contribution in [3.8, 4) is 0 Å². The highest BCUT2D eigenvalue weighted by molar-refractivity contribution is 7.99. The summed E-state index contributed by atoms with van der Waals surface area (Å²) in [4.78, 5) is 14.7. The van der Waals surface area contributed by atoms with Crippen LogP contribution in [0.4, 0.5) is 17.1 Å². The molecule has 23 heavy (non-hydrogen) atoms. The molecule has 120 valence electrons. The first-order valence-electron chi connectivity index (χ1n) is 7.70. The van der Waals surface area contributed by atoms with Gasteiger partial charge in [0.05, 0.1) is 4.92 Å². The van der Waals surface area contributed by atoms with E-state index in [1.165, 1.54) is 31.0 Å². The Bertz CT molecular complexity index is 697. The van der Waals surface area contributed by atoms with Gasteiger partial charge in [-0.05, 0) is 55.7 Å². The Morgan fingerprint density at radius 2 is 1.65 bits per heavy atom. The summed E-state index contributed by atoms with van der Waals surface area (Å²) >= 11 is 1.56. The van der Waals surface area contributed by atoms with Gasteiger partial charge in [0.15, 0.2) is 0 Å². The molecule has 0 saturated carbocycles. The van der Waals surface area contributed by atoms with E-state index in [0.717, 1.165) is 22.9 Å². The van der Waals surface area contributed by atoms with Crippen LogP contribution in [0, 0.1) is 10.1 Å². The van der Waals surface area contributed by atoms with Crippen LogP contribution in [0.15, 0.2) is 52.3 Å². The largest absolute Gasteiger partial charge is 0.393 e. The number of hydrogen-bond donors (Lipinski definition) is 1. The Hall–Kier alpha value is -2.21. The van der Waals surface area contributed by atoms with Crippen molar-refractivity contribution in [2.75, 3.05) is 23.7 Å². The predicted octanol–water partition coefficient (Wildman–Crippen LogP) is 4.32. The van der Waals surface area contributed by atoms with Crippen LogP contribution in [0.1, 0.15) is 19.3 Å². The lowest BCUT2D eigenvalue weighted by molar-refractivity contribution is -0.383. The standard InChI is InChI=1S/C17H19N3O2S/c18-16-12-15(8-9-17(16)20(21)22)23-14-6-4-13(5-7-14)19-10-2-1-3-11-19/h4-9,12H,1-3,10-11,18H2. The molecular formula is C17H19N3O2S. The van der Waals surface area contributed by atoms with Crippen LogP contribution >= 0.6 is 11.8 Å². The first kappa shape index (κ1) is 15.7. The maximum Gasteiger partial charge on any atom is 0.292 e. The van der Waals surface area contributed by atoms with Gasteiger partial charge in [0.1, 0.15) is 5.69 Å². The van der Waals surface area contributed by atoms with Crippen LogP contribution in [0.25, 0.3) is 0 Å². The summed E-state index contributed by atoms with van der Waals surface area (Å²) in [7, 11) is 0. The maximum atomic E-state index is 10.8. The zero-order valence-corrected chi connectivity index (χ0v) is 13.6. The summed E-state index contributed by atoms with van der Waals surface area (Å²) in [5.74, 6) is 0. The first-order valence-corrected chi connectivity index (χ1v) is 8.52. The van der Waals surface area contributed by atoms with Gasteiger partial charge >= 0.3 is 0 Å². The van der Waals surface area contributed by atoms with Gasteiger partial charge in [0, 0.05) is 34.6 Å². The Labute approximate surface area is 139 Å². The molecule has 1 aliphatic heterocycles. The molecule has 0 bridgehead atoms. The molecule has 1 heterocycles. The van der Waals surface area contributed by atoms with Crippen molar-refractivity contribution in [1.29, 1.82) is 0 Å². The number of nitrogen functional groups attached to an aromatic ring is 1. The van der Waals surface area contributed by atoms with E-state index in [1.54, 1.807) is 23.9 Å². The molecule has 0 spiro atoms. The quantitative estimate of drug-likeness (QED) is 0.514. The SMILES string of the molecule is Nc1cc(Sc2ccc(N3CCCCC3)cc2)ccc1[N+](=O)[O-]. The second-order valence-corrected chi connectivity index (χ2v) is 6.77. The van der Waals surface area contributed by atoms with E-state index >= 15 is 0 Å². The first-order chi connectivity index (χ1) is 11.1. The zero-order chi connectivity index (χ0) is 16.2. The second kappa shape index (κ2) is 6.91. The lowest BCUT2D eigenvalue weighted by atomic mass is 10.1. The average molecular weight is 329 g/mol. The van der Waals surface area contributed by atoms with Crippen molar-refractivity contribution < 1.29 is 4.92 Å². The van der Waals surface area contributed by atoms with E-state index < -0.39 is 4.92 Å². The number of nitrogens with zero attached hydrogens (tertiary/aromatic N) is 2. The third-order valence-electron chi connectivity index (χ3n) is 3.99. The lowest BCUT2D eigenvalue weighted by Gasteiger charge is -2.28. The molecule has 5 nitrogen and oxygen atoms in total. The number of piperidine rings is 1. The van der Waals surface area contributed by atoms with Crippen LogP contribution in [0.3, 0.4) is 0 Å². The van der Waals surface area contributed by atoms with Crippen LogP contribution in [0.2, 0.25) is 0 Å². The summed E-state index contributed by atoms with van der Waals surface area (Å²) in [6.45, 7) is 2.26. The molecule has 1 fully saturated rings. The van der Waals surface area contributed by atoms with Crippen LogP contribution < -0.4 is 10.6 Å². The van der Waals surface area contributed by atoms with Gasteiger partial charge in [0.2, 0.25) is 0 Å². The van der Waals surface area contributed by atoms with E-state index in [0.29, 0.717) is 0 Å². The highest BCUT2D eigenvalue weighted by Crippen LogP contribution is 2.33. The minimum absolute atomic E-state index is 0.0465. The molecular weight excluding hydrogens is 310 g/mol. The van der Waals surface area contributed by atoms with Crippen LogP contribution in [-0.2, 0) is 0 Å². The Morgan fingerprint density at radius 3 is 2.26 bits per heavy atom. The van der Waals surface area contributed by atoms with Crippen molar-refractivity contribution in [3.63, 3.8) is 0 Å². The topological polar surface area (TPSA) is 72.4 Å². The predicted molar refractivity (Wildman–Crippen MR) is 94.1 cm³/mol. The van der Waals surface area contributed by atoms with Gasteiger partial charge in [-0.2, -0.15) is 0 Å². The number of benzene rings is 2. The smallest absolute Gasteiger partial charge is 0.292 e. The number of nitro benzene ring substituents is 1. The van der Waals surface area contributed by atoms with Gasteiger partial charge in [-0.3, -0.25) is 10.1 Å². The van der Waals surface area contributed by atoms with Crippen molar-refractivity contribution in [3.05, 3.63) is 52.6 Å². The summed E-state index contributed by atoms with van der Waals surface area (Å²) < 4.78 is 0. The van der Waals surface area contributed by atoms with Gasteiger partial charge < -0.3 is 10.6 Å². The molecule has 2 N–H and O–H groups in total. The molecule has 0 atom stereocenters. The van der Waals surface area contributed by atoms with Crippen LogP contribution in [0.5, 0.6) is 0 Å². The normalized spacial score (nSPS) is 14.7. The van der Waals surface area contributed by atoms with Crippen molar-refractivity contribution >= 4 is 28.8 Å². The monoisotopic (exact) mass is 329 g/mol. The summed E-state index contributed by atoms with van der Waals surface area (Å²) in [5.41, 5.74) is 7.15. The minimum Gasteiger partial charge on any atom is -0.393 e. The van der Waals surface area contributed by atoms with E-state index in [2.05, 4.69) is 29.2 Å². The van der Waals surface area contributed by atoms with Crippen molar-refractivity contribution in [1.82, 2.24) is 0 Å². The average Bonchev–Trinajstić information content (AvgIpc) is 2.56. The number of nitro groups is 1. The highest BCUT2D eigenvalue weighted by Gasteiger charge is 2.13. The molecule has 0 aliphatic carbocycles. The maximum absolute atomic E-state index is 10.8. The number of anilines is 2. The van der Waals surface area contributed by atoms with Gasteiger partial charge in [-0.25, -0.2) is 0 Å². The Balaban J connectivity index is 1.70. The molecule has 0 aromatic heterocycles.